The van der Waals surface area contributed by atoms with Gasteiger partial charge in [0.1, 0.15) is 0 Å². The average molecular weight is 247 g/mol. The molecule has 2 nitrogen and oxygen atoms in total. The first-order valence-corrected chi connectivity index (χ1v) is 3.65. The van der Waals surface area contributed by atoms with E-state index in [0.29, 0.717) is 0 Å². The Morgan fingerprint density at radius 2 is 1.67 bits per heavy atom. The molecule has 0 aromatic carbocycles. The van der Waals surface area contributed by atoms with Gasteiger partial charge in [0.25, 0.3) is 0 Å². The Balaban J connectivity index is 0.000000720. The van der Waals surface area contributed by atoms with Crippen LogP contribution < -0.4 is 0 Å². The summed E-state index contributed by atoms with van der Waals surface area (Å²) in [5, 5.41) is 0. The first-order valence-electron chi connectivity index (χ1n) is 3.65. The van der Waals surface area contributed by atoms with E-state index in [1.165, 1.54) is 5.69 Å². The van der Waals surface area contributed by atoms with Crippen LogP contribution in [0.2, 0.25) is 0 Å². The van der Waals surface area contributed by atoms with Gasteiger partial charge < -0.3 is 0 Å². The third kappa shape index (κ3) is 1.51. The molecule has 0 saturated carbocycles. The third-order valence-electron chi connectivity index (χ3n) is 1.76. The van der Waals surface area contributed by atoms with Crippen molar-refractivity contribution in [1.82, 2.24) is 9.35 Å². The molecular weight excluding hydrogens is 237 g/mol. The predicted octanol–water partition coefficient (Wildman–Crippen LogP) is 1.91. The van der Waals surface area contributed by atoms with Crippen molar-refractivity contribution in [3.63, 3.8) is 0 Å². The Bertz CT molecular complexity index is 335. The van der Waals surface area contributed by atoms with Gasteiger partial charge in [-0.25, -0.2) is 0 Å². The van der Waals surface area contributed by atoms with E-state index >= 15 is 0 Å². The average Bonchev–Trinajstić information content (AvgIpc) is 2.55. The summed E-state index contributed by atoms with van der Waals surface area (Å²) in [6.45, 7) is 2.08. The summed E-state index contributed by atoms with van der Waals surface area (Å²) in [6.07, 6.45) is 6.08. The first-order chi connectivity index (χ1) is 5.38. The number of nitrogens with zero attached hydrogens (tertiary/aromatic N) is 2. The molecule has 0 bridgehead atoms. The second kappa shape index (κ2) is 3.73. The van der Waals surface area contributed by atoms with Crippen LogP contribution in [0.1, 0.15) is 5.69 Å². The topological polar surface area (TPSA) is 9.86 Å². The van der Waals surface area contributed by atoms with Gasteiger partial charge in [0.15, 0.2) is 0 Å². The largest absolute Gasteiger partial charge is 0.264 e. The molecule has 3 heteroatoms. The molecule has 64 valence electrons. The van der Waals surface area contributed by atoms with Crippen molar-refractivity contribution >= 4 is 0 Å². The number of aromatic nitrogens is 2. The summed E-state index contributed by atoms with van der Waals surface area (Å²) in [5.74, 6) is 0. The van der Waals surface area contributed by atoms with Gasteiger partial charge in [-0.2, -0.15) is 0 Å². The van der Waals surface area contributed by atoms with Gasteiger partial charge in [-0.1, -0.05) is 0 Å². The zero-order chi connectivity index (χ0) is 7.68. The van der Waals surface area contributed by atoms with Crippen LogP contribution in [0.15, 0.2) is 42.9 Å². The third-order valence-corrected chi connectivity index (χ3v) is 1.76. The van der Waals surface area contributed by atoms with Crippen LogP contribution in [0.4, 0.5) is 0 Å². The molecule has 2 aromatic heterocycles. The van der Waals surface area contributed by atoms with Crippen LogP contribution in [-0.2, 0) is 19.5 Å². The van der Waals surface area contributed by atoms with Crippen molar-refractivity contribution in [1.29, 1.82) is 0 Å². The molecule has 0 aliphatic heterocycles. The van der Waals surface area contributed by atoms with Crippen molar-refractivity contribution in [2.24, 2.45) is 0 Å². The van der Waals surface area contributed by atoms with E-state index in [-0.39, 0.29) is 19.5 Å². The van der Waals surface area contributed by atoms with Gasteiger partial charge in [0.05, 0.1) is 0 Å². The zero-order valence-electron chi connectivity index (χ0n) is 6.79. The molecule has 0 aliphatic carbocycles. The smallest absolute Gasteiger partial charge is 0.0373 e. The van der Waals surface area contributed by atoms with Crippen LogP contribution in [0.3, 0.4) is 0 Å². The number of aryl methyl sites for hydroxylation is 1. The van der Waals surface area contributed by atoms with Gasteiger partial charge in [-0.15, -0.1) is 0 Å². The van der Waals surface area contributed by atoms with E-state index in [2.05, 4.69) is 17.7 Å². The Morgan fingerprint density at radius 3 is 2.17 bits per heavy atom. The molecule has 2 aromatic rings. The second-order valence-corrected chi connectivity index (χ2v) is 2.56. The molecular formula is C9H10N2Ru. The van der Waals surface area contributed by atoms with Crippen molar-refractivity contribution in [3.8, 4) is 0 Å². The summed E-state index contributed by atoms with van der Waals surface area (Å²) in [5.41, 5.74) is 1.24. The molecule has 2 rings (SSSR count). The fraction of sp³-hybridized carbons (Fsp3) is 0.111. The van der Waals surface area contributed by atoms with E-state index in [1.807, 2.05) is 41.5 Å². The molecule has 2 heterocycles. The summed E-state index contributed by atoms with van der Waals surface area (Å²) in [7, 11) is 0. The SMILES string of the molecule is Cc1cccn1-n1cccc1.[Ru]. The minimum absolute atomic E-state index is 0. The van der Waals surface area contributed by atoms with E-state index in [0.717, 1.165) is 0 Å². The molecule has 0 N–H and O–H groups in total. The molecule has 0 spiro atoms. The van der Waals surface area contributed by atoms with Gasteiger partial charge in [-0.05, 0) is 31.2 Å². The van der Waals surface area contributed by atoms with Crippen LogP contribution in [0.25, 0.3) is 0 Å². The van der Waals surface area contributed by atoms with Crippen molar-refractivity contribution < 1.29 is 19.5 Å². The molecule has 0 amide bonds. The van der Waals surface area contributed by atoms with Crippen LogP contribution in [-0.4, -0.2) is 9.35 Å². The van der Waals surface area contributed by atoms with Gasteiger partial charge in [0, 0.05) is 43.8 Å². The number of rotatable bonds is 1. The summed E-state index contributed by atoms with van der Waals surface area (Å²) < 4.78 is 4.12. The van der Waals surface area contributed by atoms with Crippen LogP contribution >= 0.6 is 0 Å². The number of hydrogen-bond acceptors (Lipinski definition) is 0. The van der Waals surface area contributed by atoms with Gasteiger partial charge >= 0.3 is 0 Å². The molecule has 12 heavy (non-hydrogen) atoms. The summed E-state index contributed by atoms with van der Waals surface area (Å²) in [4.78, 5) is 0. The molecule has 0 radical (unpaired) electrons. The van der Waals surface area contributed by atoms with E-state index in [4.69, 9.17) is 0 Å². The van der Waals surface area contributed by atoms with E-state index in [9.17, 15) is 0 Å². The minimum Gasteiger partial charge on any atom is -0.264 e. The van der Waals surface area contributed by atoms with Crippen molar-refractivity contribution in [3.05, 3.63) is 48.5 Å². The van der Waals surface area contributed by atoms with Crippen molar-refractivity contribution in [2.45, 2.75) is 6.92 Å². The molecule has 0 aliphatic rings. The Kier molecular flexibility index (Phi) is 2.88. The van der Waals surface area contributed by atoms with E-state index < -0.39 is 0 Å². The van der Waals surface area contributed by atoms with E-state index in [1.54, 1.807) is 0 Å². The second-order valence-electron chi connectivity index (χ2n) is 2.56. The first kappa shape index (κ1) is 9.27. The maximum absolute atomic E-state index is 2.08. The maximum atomic E-state index is 2.08. The molecule has 0 unspecified atom stereocenters. The minimum atomic E-state index is 0. The van der Waals surface area contributed by atoms with Gasteiger partial charge in [-0.3, -0.25) is 9.35 Å². The monoisotopic (exact) mass is 248 g/mol. The normalized spacial score (nSPS) is 9.42. The fourth-order valence-electron chi connectivity index (χ4n) is 1.19. The molecule has 0 atom stereocenters. The van der Waals surface area contributed by atoms with Gasteiger partial charge in [0.2, 0.25) is 0 Å². The van der Waals surface area contributed by atoms with Crippen molar-refractivity contribution in [2.75, 3.05) is 0 Å². The maximum Gasteiger partial charge on any atom is 0.0373 e. The standard InChI is InChI=1S/C9H10N2.Ru/c1-9-5-4-8-11(9)10-6-2-3-7-10;/h2-8H,1H3;. The summed E-state index contributed by atoms with van der Waals surface area (Å²) in [6, 6.07) is 8.15. The fourth-order valence-corrected chi connectivity index (χ4v) is 1.19. The molecule has 0 saturated heterocycles. The molecule has 0 fully saturated rings. The Hall–Kier alpha value is -0.817. The van der Waals surface area contributed by atoms with Crippen LogP contribution in [0.5, 0.6) is 0 Å². The zero-order valence-corrected chi connectivity index (χ0v) is 8.53. The number of hydrogen-bond donors (Lipinski definition) is 0. The Labute approximate surface area is 84.5 Å². The summed E-state index contributed by atoms with van der Waals surface area (Å²) >= 11 is 0. The van der Waals surface area contributed by atoms with Crippen LogP contribution in [0, 0.1) is 6.92 Å². The Morgan fingerprint density at radius 1 is 1.00 bits per heavy atom. The quantitative estimate of drug-likeness (QED) is 0.681. The predicted molar refractivity (Wildman–Crippen MR) is 44.4 cm³/mol.